The number of rotatable bonds is 6. The Balaban J connectivity index is 2.67. The van der Waals surface area contributed by atoms with E-state index < -0.39 is 0 Å². The highest BCUT2D eigenvalue weighted by Gasteiger charge is 2.36. The highest BCUT2D eigenvalue weighted by Crippen LogP contribution is 2.32. The Morgan fingerprint density at radius 3 is 2.58 bits per heavy atom. The minimum atomic E-state index is -0.264. The average Bonchev–Trinajstić information content (AvgIpc) is 2.39. The van der Waals surface area contributed by atoms with E-state index in [0.29, 0.717) is 5.92 Å². The van der Waals surface area contributed by atoms with Gasteiger partial charge in [0.05, 0.1) is 12.6 Å². The van der Waals surface area contributed by atoms with Crippen molar-refractivity contribution in [3.05, 3.63) is 0 Å². The molecule has 1 saturated carbocycles. The molecule has 2 N–H and O–H groups in total. The fraction of sp³-hybridized carbons (Fsp3) is 0.933. The van der Waals surface area contributed by atoms with Crippen LogP contribution >= 0.6 is 0 Å². The van der Waals surface area contributed by atoms with Crippen LogP contribution in [0.4, 0.5) is 0 Å². The SMILES string of the molecule is CCN(CC)C(=O)C(C)NC1(CO)CCCC(C)C1. The summed E-state index contributed by atoms with van der Waals surface area (Å²) in [5.74, 6) is 0.750. The lowest BCUT2D eigenvalue weighted by molar-refractivity contribution is -0.133. The third-order valence-electron chi connectivity index (χ3n) is 4.36. The van der Waals surface area contributed by atoms with Gasteiger partial charge in [0.25, 0.3) is 0 Å². The molecule has 0 aliphatic heterocycles. The lowest BCUT2D eigenvalue weighted by atomic mass is 9.76. The second-order valence-corrected chi connectivity index (χ2v) is 6.02. The monoisotopic (exact) mass is 270 g/mol. The number of amides is 1. The first-order valence-corrected chi connectivity index (χ1v) is 7.65. The van der Waals surface area contributed by atoms with Crippen LogP contribution in [0.2, 0.25) is 0 Å². The molecule has 1 aliphatic rings. The van der Waals surface area contributed by atoms with Gasteiger partial charge >= 0.3 is 0 Å². The second kappa shape index (κ2) is 7.25. The molecule has 0 spiro atoms. The zero-order valence-corrected chi connectivity index (χ0v) is 12.9. The Kier molecular flexibility index (Phi) is 6.27. The van der Waals surface area contributed by atoms with Crippen LogP contribution in [0.5, 0.6) is 0 Å². The summed E-state index contributed by atoms with van der Waals surface area (Å²) in [6, 6.07) is -0.225. The molecule has 0 aromatic carbocycles. The number of aliphatic hydroxyl groups is 1. The van der Waals surface area contributed by atoms with E-state index in [-0.39, 0.29) is 24.1 Å². The van der Waals surface area contributed by atoms with Crippen molar-refractivity contribution >= 4 is 5.91 Å². The molecule has 112 valence electrons. The van der Waals surface area contributed by atoms with E-state index in [1.165, 1.54) is 6.42 Å². The van der Waals surface area contributed by atoms with Gasteiger partial charge in [0, 0.05) is 18.6 Å². The molecule has 1 aliphatic carbocycles. The molecule has 3 atom stereocenters. The highest BCUT2D eigenvalue weighted by molar-refractivity contribution is 5.81. The van der Waals surface area contributed by atoms with Gasteiger partial charge in [0.15, 0.2) is 0 Å². The molecule has 4 nitrogen and oxygen atoms in total. The minimum Gasteiger partial charge on any atom is -0.394 e. The summed E-state index contributed by atoms with van der Waals surface area (Å²) >= 11 is 0. The van der Waals surface area contributed by atoms with Gasteiger partial charge in [-0.25, -0.2) is 0 Å². The van der Waals surface area contributed by atoms with Gasteiger partial charge in [-0.3, -0.25) is 10.1 Å². The van der Waals surface area contributed by atoms with Crippen molar-refractivity contribution in [3.8, 4) is 0 Å². The maximum absolute atomic E-state index is 12.3. The fourth-order valence-electron chi connectivity index (χ4n) is 3.31. The summed E-state index contributed by atoms with van der Waals surface area (Å²) in [7, 11) is 0. The lowest BCUT2D eigenvalue weighted by Gasteiger charge is -2.41. The standard InChI is InChI=1S/C15H30N2O2/c1-5-17(6-2)14(19)13(4)16-15(11-18)9-7-8-12(3)10-15/h12-13,16,18H,5-11H2,1-4H3. The molecule has 1 fully saturated rings. The van der Waals surface area contributed by atoms with E-state index in [1.54, 1.807) is 0 Å². The molecular weight excluding hydrogens is 240 g/mol. The summed E-state index contributed by atoms with van der Waals surface area (Å²) in [5, 5.41) is 13.2. The zero-order valence-electron chi connectivity index (χ0n) is 12.9. The summed E-state index contributed by atoms with van der Waals surface area (Å²) in [5.41, 5.74) is -0.264. The summed E-state index contributed by atoms with van der Waals surface area (Å²) in [6.45, 7) is 9.73. The normalized spacial score (nSPS) is 29.0. The maximum atomic E-state index is 12.3. The van der Waals surface area contributed by atoms with Gasteiger partial charge in [-0.05, 0) is 39.5 Å². The lowest BCUT2D eigenvalue weighted by Crippen LogP contribution is -2.58. The van der Waals surface area contributed by atoms with Gasteiger partial charge in [0.2, 0.25) is 5.91 Å². The second-order valence-electron chi connectivity index (χ2n) is 6.02. The number of carbonyl (C=O) groups excluding carboxylic acids is 1. The van der Waals surface area contributed by atoms with Crippen molar-refractivity contribution in [2.45, 2.75) is 65.0 Å². The Morgan fingerprint density at radius 1 is 1.47 bits per heavy atom. The smallest absolute Gasteiger partial charge is 0.239 e. The maximum Gasteiger partial charge on any atom is 0.239 e. The molecule has 0 saturated heterocycles. The van der Waals surface area contributed by atoms with E-state index in [4.69, 9.17) is 0 Å². The van der Waals surface area contributed by atoms with E-state index in [1.807, 2.05) is 25.7 Å². The van der Waals surface area contributed by atoms with E-state index >= 15 is 0 Å². The van der Waals surface area contributed by atoms with Crippen LogP contribution in [0.1, 0.15) is 53.4 Å². The number of likely N-dealkylation sites (N-methyl/N-ethyl adjacent to an activating group) is 1. The molecule has 4 heteroatoms. The van der Waals surface area contributed by atoms with Crippen LogP contribution < -0.4 is 5.32 Å². The van der Waals surface area contributed by atoms with E-state index in [0.717, 1.165) is 32.4 Å². The van der Waals surface area contributed by atoms with Crippen LogP contribution in [0.25, 0.3) is 0 Å². The fourth-order valence-corrected chi connectivity index (χ4v) is 3.31. The van der Waals surface area contributed by atoms with Crippen molar-refractivity contribution in [2.75, 3.05) is 19.7 Å². The Bertz CT molecular complexity index is 292. The number of hydrogen-bond acceptors (Lipinski definition) is 3. The Hall–Kier alpha value is -0.610. The molecule has 0 bridgehead atoms. The molecule has 0 aromatic heterocycles. The average molecular weight is 270 g/mol. The van der Waals surface area contributed by atoms with Crippen LogP contribution in [0.15, 0.2) is 0 Å². The Labute approximate surface area is 117 Å². The zero-order chi connectivity index (χ0) is 14.5. The molecule has 0 radical (unpaired) electrons. The molecule has 1 amide bonds. The summed E-state index contributed by atoms with van der Waals surface area (Å²) in [4.78, 5) is 14.1. The van der Waals surface area contributed by atoms with Crippen molar-refractivity contribution in [2.24, 2.45) is 5.92 Å². The first kappa shape index (κ1) is 16.4. The molecule has 3 unspecified atom stereocenters. The minimum absolute atomic E-state index is 0.118. The predicted molar refractivity (Wildman–Crippen MR) is 78.0 cm³/mol. The molecule has 0 aromatic rings. The van der Waals surface area contributed by atoms with Crippen molar-refractivity contribution in [1.82, 2.24) is 10.2 Å². The van der Waals surface area contributed by atoms with Crippen molar-refractivity contribution in [1.29, 1.82) is 0 Å². The van der Waals surface area contributed by atoms with Gasteiger partial charge in [0.1, 0.15) is 0 Å². The molecule has 19 heavy (non-hydrogen) atoms. The third kappa shape index (κ3) is 4.18. The van der Waals surface area contributed by atoms with Crippen LogP contribution in [0, 0.1) is 5.92 Å². The van der Waals surface area contributed by atoms with E-state index in [2.05, 4.69) is 12.2 Å². The Morgan fingerprint density at radius 2 is 2.11 bits per heavy atom. The third-order valence-corrected chi connectivity index (χ3v) is 4.36. The van der Waals surface area contributed by atoms with Gasteiger partial charge in [-0.2, -0.15) is 0 Å². The number of aliphatic hydroxyl groups excluding tert-OH is 1. The first-order chi connectivity index (χ1) is 8.98. The highest BCUT2D eigenvalue weighted by atomic mass is 16.3. The molecule has 1 rings (SSSR count). The van der Waals surface area contributed by atoms with Crippen molar-refractivity contribution in [3.63, 3.8) is 0 Å². The summed E-state index contributed by atoms with van der Waals surface area (Å²) < 4.78 is 0. The summed E-state index contributed by atoms with van der Waals surface area (Å²) in [6.07, 6.45) is 4.27. The quantitative estimate of drug-likeness (QED) is 0.773. The van der Waals surface area contributed by atoms with Gasteiger partial charge in [-0.1, -0.05) is 19.8 Å². The number of carbonyl (C=O) groups is 1. The van der Waals surface area contributed by atoms with E-state index in [9.17, 15) is 9.90 Å². The van der Waals surface area contributed by atoms with Crippen LogP contribution in [0.3, 0.4) is 0 Å². The topological polar surface area (TPSA) is 52.6 Å². The number of hydrogen-bond donors (Lipinski definition) is 2. The predicted octanol–water partition coefficient (Wildman–Crippen LogP) is 1.77. The van der Waals surface area contributed by atoms with Gasteiger partial charge in [-0.15, -0.1) is 0 Å². The first-order valence-electron chi connectivity index (χ1n) is 7.65. The van der Waals surface area contributed by atoms with Crippen molar-refractivity contribution < 1.29 is 9.90 Å². The van der Waals surface area contributed by atoms with Crippen LogP contribution in [-0.2, 0) is 4.79 Å². The molecule has 0 heterocycles. The van der Waals surface area contributed by atoms with Crippen LogP contribution in [-0.4, -0.2) is 47.2 Å². The largest absolute Gasteiger partial charge is 0.394 e. The number of nitrogens with zero attached hydrogens (tertiary/aromatic N) is 1. The molecular formula is C15H30N2O2. The number of nitrogens with one attached hydrogen (secondary N) is 1. The van der Waals surface area contributed by atoms with Gasteiger partial charge < -0.3 is 10.0 Å².